The number of anilines is 3. The standard InChI is InChI=1S/C19H19ClFN5O3S/c1-10(2)8-30(28,29)26-14-7-6-13(21)17(15(14)20)25-19(27)12-5-3-4-11-16(12)23-9-24-18(11)22/h3-7,9-10,26H,8H2,1-2H3,(H,25,27)(H2,22,23,24). The third-order valence-electron chi connectivity index (χ3n) is 4.09. The van der Waals surface area contributed by atoms with E-state index >= 15 is 0 Å². The van der Waals surface area contributed by atoms with Gasteiger partial charge in [-0.15, -0.1) is 0 Å². The minimum atomic E-state index is -3.70. The second-order valence-electron chi connectivity index (χ2n) is 6.98. The quantitative estimate of drug-likeness (QED) is 0.525. The summed E-state index contributed by atoms with van der Waals surface area (Å²) >= 11 is 6.20. The van der Waals surface area contributed by atoms with Crippen molar-refractivity contribution in [3.8, 4) is 0 Å². The molecule has 1 aromatic heterocycles. The second kappa shape index (κ2) is 8.41. The van der Waals surface area contributed by atoms with Gasteiger partial charge in [-0.05, 0) is 30.2 Å². The number of halogens is 2. The zero-order chi connectivity index (χ0) is 22.1. The molecule has 158 valence electrons. The van der Waals surface area contributed by atoms with Crippen LogP contribution >= 0.6 is 11.6 Å². The van der Waals surface area contributed by atoms with Crippen LogP contribution in [0, 0.1) is 11.7 Å². The van der Waals surface area contributed by atoms with Crippen LogP contribution in [0.3, 0.4) is 0 Å². The molecular formula is C19H19ClFN5O3S. The number of nitrogens with two attached hydrogens (primary N) is 1. The molecule has 2 aromatic carbocycles. The molecule has 3 aromatic rings. The predicted molar refractivity (Wildman–Crippen MR) is 116 cm³/mol. The van der Waals surface area contributed by atoms with E-state index in [0.717, 1.165) is 6.07 Å². The SMILES string of the molecule is CC(C)CS(=O)(=O)Nc1ccc(F)c(NC(=O)c2cccc3c(N)ncnc23)c1Cl. The van der Waals surface area contributed by atoms with Gasteiger partial charge in [-0.3, -0.25) is 9.52 Å². The van der Waals surface area contributed by atoms with E-state index in [1.54, 1.807) is 26.0 Å². The Morgan fingerprint density at radius 2 is 1.97 bits per heavy atom. The Morgan fingerprint density at radius 1 is 1.23 bits per heavy atom. The molecule has 4 N–H and O–H groups in total. The second-order valence-corrected chi connectivity index (χ2v) is 9.12. The highest BCUT2D eigenvalue weighted by Crippen LogP contribution is 2.34. The Morgan fingerprint density at radius 3 is 2.67 bits per heavy atom. The van der Waals surface area contributed by atoms with Crippen LogP contribution in [0.15, 0.2) is 36.7 Å². The monoisotopic (exact) mass is 451 g/mol. The molecule has 0 bridgehead atoms. The summed E-state index contributed by atoms with van der Waals surface area (Å²) in [5, 5.41) is 2.58. The highest BCUT2D eigenvalue weighted by molar-refractivity contribution is 7.92. The summed E-state index contributed by atoms with van der Waals surface area (Å²) in [6.07, 6.45) is 1.21. The minimum Gasteiger partial charge on any atom is -0.383 e. The summed E-state index contributed by atoms with van der Waals surface area (Å²) in [5.41, 5.74) is 5.82. The predicted octanol–water partition coefficient (Wildman–Crippen LogP) is 3.65. The van der Waals surface area contributed by atoms with E-state index in [4.69, 9.17) is 17.3 Å². The van der Waals surface area contributed by atoms with Crippen LogP contribution in [0.4, 0.5) is 21.6 Å². The van der Waals surface area contributed by atoms with E-state index in [2.05, 4.69) is 20.0 Å². The van der Waals surface area contributed by atoms with Gasteiger partial charge in [0, 0.05) is 5.39 Å². The van der Waals surface area contributed by atoms with Crippen LogP contribution < -0.4 is 15.8 Å². The molecule has 0 fully saturated rings. The zero-order valence-electron chi connectivity index (χ0n) is 16.1. The van der Waals surface area contributed by atoms with Gasteiger partial charge < -0.3 is 11.1 Å². The maximum atomic E-state index is 14.4. The molecule has 0 saturated carbocycles. The van der Waals surface area contributed by atoms with Gasteiger partial charge in [0.05, 0.1) is 33.2 Å². The highest BCUT2D eigenvalue weighted by Gasteiger charge is 2.21. The van der Waals surface area contributed by atoms with E-state index < -0.39 is 21.7 Å². The van der Waals surface area contributed by atoms with Crippen LogP contribution in [0.1, 0.15) is 24.2 Å². The van der Waals surface area contributed by atoms with Crippen molar-refractivity contribution in [3.63, 3.8) is 0 Å². The van der Waals surface area contributed by atoms with Gasteiger partial charge in [0.15, 0.2) is 0 Å². The van der Waals surface area contributed by atoms with E-state index in [9.17, 15) is 17.6 Å². The topological polar surface area (TPSA) is 127 Å². The average molecular weight is 452 g/mol. The van der Waals surface area contributed by atoms with Crippen molar-refractivity contribution in [2.75, 3.05) is 21.5 Å². The molecular weight excluding hydrogens is 433 g/mol. The Balaban J connectivity index is 1.96. The first-order valence-corrected chi connectivity index (χ1v) is 10.9. The lowest BCUT2D eigenvalue weighted by Gasteiger charge is -2.15. The van der Waals surface area contributed by atoms with Crippen molar-refractivity contribution in [2.24, 2.45) is 5.92 Å². The number of carbonyl (C=O) groups is 1. The summed E-state index contributed by atoms with van der Waals surface area (Å²) in [5.74, 6) is -1.59. The van der Waals surface area contributed by atoms with Gasteiger partial charge in [0.25, 0.3) is 5.91 Å². The summed E-state index contributed by atoms with van der Waals surface area (Å²) < 4.78 is 41.1. The molecule has 0 saturated heterocycles. The lowest BCUT2D eigenvalue weighted by atomic mass is 10.1. The van der Waals surface area contributed by atoms with Crippen molar-refractivity contribution in [1.29, 1.82) is 0 Å². The largest absolute Gasteiger partial charge is 0.383 e. The molecule has 1 heterocycles. The number of aromatic nitrogens is 2. The molecule has 1 amide bonds. The lowest BCUT2D eigenvalue weighted by Crippen LogP contribution is -2.21. The van der Waals surface area contributed by atoms with Crippen molar-refractivity contribution in [2.45, 2.75) is 13.8 Å². The summed E-state index contributed by atoms with van der Waals surface area (Å²) in [6.45, 7) is 3.50. The summed E-state index contributed by atoms with van der Waals surface area (Å²) in [7, 11) is -3.70. The molecule has 0 spiro atoms. The van der Waals surface area contributed by atoms with Crippen molar-refractivity contribution in [3.05, 3.63) is 53.1 Å². The van der Waals surface area contributed by atoms with Gasteiger partial charge in [-0.25, -0.2) is 22.8 Å². The Bertz CT molecular complexity index is 1230. The van der Waals surface area contributed by atoms with E-state index in [1.165, 1.54) is 18.5 Å². The summed E-state index contributed by atoms with van der Waals surface area (Å²) in [6, 6.07) is 6.94. The third-order valence-corrected chi connectivity index (χ3v) is 6.12. The first-order chi connectivity index (χ1) is 14.1. The number of rotatable bonds is 6. The number of amides is 1. The Labute approximate surface area is 177 Å². The molecule has 0 aliphatic carbocycles. The number of nitrogens with zero attached hydrogens (tertiary/aromatic N) is 2. The third kappa shape index (κ3) is 4.60. The lowest BCUT2D eigenvalue weighted by molar-refractivity contribution is 0.102. The number of nitrogen functional groups attached to an aromatic ring is 1. The van der Waals surface area contributed by atoms with Gasteiger partial charge in [0.2, 0.25) is 10.0 Å². The van der Waals surface area contributed by atoms with E-state index in [-0.39, 0.29) is 45.0 Å². The zero-order valence-corrected chi connectivity index (χ0v) is 17.7. The Hall–Kier alpha value is -2.98. The van der Waals surface area contributed by atoms with Crippen LogP contribution in [-0.4, -0.2) is 30.0 Å². The average Bonchev–Trinajstić information content (AvgIpc) is 2.66. The number of hydrogen-bond donors (Lipinski definition) is 3. The molecule has 0 aliphatic rings. The van der Waals surface area contributed by atoms with E-state index in [0.29, 0.717) is 5.39 Å². The fraction of sp³-hybridized carbons (Fsp3) is 0.211. The van der Waals surface area contributed by atoms with Crippen LogP contribution in [-0.2, 0) is 10.0 Å². The molecule has 8 nitrogen and oxygen atoms in total. The highest BCUT2D eigenvalue weighted by atomic mass is 35.5. The fourth-order valence-electron chi connectivity index (χ4n) is 2.87. The molecule has 3 rings (SSSR count). The number of benzene rings is 2. The van der Waals surface area contributed by atoms with Crippen LogP contribution in [0.2, 0.25) is 5.02 Å². The van der Waals surface area contributed by atoms with Crippen molar-refractivity contribution < 1.29 is 17.6 Å². The molecule has 0 aliphatic heterocycles. The fourth-order valence-corrected chi connectivity index (χ4v) is 4.64. The normalized spacial score (nSPS) is 11.6. The smallest absolute Gasteiger partial charge is 0.257 e. The number of carbonyl (C=O) groups excluding carboxylic acids is 1. The van der Waals surface area contributed by atoms with Gasteiger partial charge >= 0.3 is 0 Å². The van der Waals surface area contributed by atoms with Crippen molar-refractivity contribution >= 4 is 55.6 Å². The van der Waals surface area contributed by atoms with Gasteiger partial charge in [-0.2, -0.15) is 0 Å². The first kappa shape index (κ1) is 21.7. The molecule has 0 radical (unpaired) electrons. The molecule has 30 heavy (non-hydrogen) atoms. The minimum absolute atomic E-state index is 0.0431. The number of hydrogen-bond acceptors (Lipinski definition) is 6. The van der Waals surface area contributed by atoms with E-state index in [1.807, 2.05) is 0 Å². The maximum absolute atomic E-state index is 14.4. The number of fused-ring (bicyclic) bond motifs is 1. The summed E-state index contributed by atoms with van der Waals surface area (Å²) in [4.78, 5) is 20.8. The first-order valence-electron chi connectivity index (χ1n) is 8.88. The van der Waals surface area contributed by atoms with Crippen molar-refractivity contribution in [1.82, 2.24) is 9.97 Å². The van der Waals surface area contributed by atoms with Crippen LogP contribution in [0.5, 0.6) is 0 Å². The Kier molecular flexibility index (Phi) is 6.09. The maximum Gasteiger partial charge on any atom is 0.257 e. The van der Waals surface area contributed by atoms with Gasteiger partial charge in [-0.1, -0.05) is 31.5 Å². The molecule has 0 unspecified atom stereocenters. The number of sulfonamides is 1. The van der Waals surface area contributed by atoms with Crippen LogP contribution in [0.25, 0.3) is 10.9 Å². The number of para-hydroxylation sites is 1. The van der Waals surface area contributed by atoms with Gasteiger partial charge in [0.1, 0.15) is 18.0 Å². The molecule has 11 heteroatoms. The number of nitrogens with one attached hydrogen (secondary N) is 2. The molecule has 0 atom stereocenters.